The van der Waals surface area contributed by atoms with Gasteiger partial charge in [-0.3, -0.25) is 0 Å². The summed E-state index contributed by atoms with van der Waals surface area (Å²) in [5, 5.41) is 12.7. The van der Waals surface area contributed by atoms with Crippen molar-refractivity contribution in [3.63, 3.8) is 0 Å². The summed E-state index contributed by atoms with van der Waals surface area (Å²) in [4.78, 5) is 0. The Balaban J connectivity index is 2.15. The summed E-state index contributed by atoms with van der Waals surface area (Å²) in [5.74, 6) is 1.91. The van der Waals surface area contributed by atoms with Crippen molar-refractivity contribution in [1.82, 2.24) is 20.1 Å². The Bertz CT molecular complexity index is 591. The van der Waals surface area contributed by atoms with E-state index in [1.807, 2.05) is 18.2 Å². The van der Waals surface area contributed by atoms with Gasteiger partial charge in [-0.25, -0.2) is 0 Å². The molecule has 1 aromatic carbocycles. The number of hydrogen-bond acceptors (Lipinski definition) is 3. The predicted molar refractivity (Wildman–Crippen MR) is 71.6 cm³/mol. The van der Waals surface area contributed by atoms with Gasteiger partial charge in [-0.15, -0.1) is 10.2 Å². The van der Waals surface area contributed by atoms with Gasteiger partial charge in [-0.2, -0.15) is 0 Å². The molecule has 1 unspecified atom stereocenters. The van der Waals surface area contributed by atoms with E-state index in [0.29, 0.717) is 0 Å². The Morgan fingerprint density at radius 2 is 2.22 bits per heavy atom. The first-order valence-corrected chi connectivity index (χ1v) is 6.47. The maximum absolute atomic E-state index is 6.08. The van der Waals surface area contributed by atoms with Gasteiger partial charge in [0.15, 0.2) is 5.82 Å². The van der Waals surface area contributed by atoms with Crippen molar-refractivity contribution in [2.45, 2.75) is 26.4 Å². The third-order valence-corrected chi connectivity index (χ3v) is 3.63. The molecule has 0 spiro atoms. The third kappa shape index (κ3) is 1.82. The maximum Gasteiger partial charge on any atom is 0.164 e. The smallest absolute Gasteiger partial charge is 0.164 e. The molecule has 1 atom stereocenters. The number of benzene rings is 1. The minimum atomic E-state index is 0.250. The van der Waals surface area contributed by atoms with Gasteiger partial charge in [0.25, 0.3) is 0 Å². The van der Waals surface area contributed by atoms with Gasteiger partial charge < -0.3 is 9.88 Å². The van der Waals surface area contributed by atoms with E-state index in [2.05, 4.69) is 33.9 Å². The van der Waals surface area contributed by atoms with Crippen molar-refractivity contribution in [2.75, 3.05) is 6.54 Å². The highest BCUT2D eigenvalue weighted by Gasteiger charge is 2.22. The van der Waals surface area contributed by atoms with E-state index < -0.39 is 0 Å². The van der Waals surface area contributed by atoms with E-state index in [1.54, 1.807) is 0 Å². The Morgan fingerprint density at radius 3 is 3.06 bits per heavy atom. The molecule has 0 saturated heterocycles. The van der Waals surface area contributed by atoms with Crippen molar-refractivity contribution in [3.8, 4) is 11.4 Å². The summed E-state index contributed by atoms with van der Waals surface area (Å²) in [5.41, 5.74) is 2.23. The van der Waals surface area contributed by atoms with Crippen LogP contribution in [0, 0.1) is 6.92 Å². The molecule has 0 radical (unpaired) electrons. The van der Waals surface area contributed by atoms with Crippen LogP contribution in [0.1, 0.15) is 24.4 Å². The molecule has 2 heterocycles. The fraction of sp³-hybridized carbons (Fsp3) is 0.385. The summed E-state index contributed by atoms with van der Waals surface area (Å²) in [6.07, 6.45) is 0. The van der Waals surface area contributed by atoms with Crippen LogP contribution in [-0.2, 0) is 6.54 Å². The number of nitrogens with zero attached hydrogens (tertiary/aromatic N) is 3. The average molecular weight is 263 g/mol. The summed E-state index contributed by atoms with van der Waals surface area (Å²) in [6.45, 7) is 6.01. The maximum atomic E-state index is 6.08. The quantitative estimate of drug-likeness (QED) is 0.859. The fourth-order valence-corrected chi connectivity index (χ4v) is 2.55. The van der Waals surface area contributed by atoms with Gasteiger partial charge in [0.2, 0.25) is 0 Å². The van der Waals surface area contributed by atoms with Crippen LogP contribution in [-0.4, -0.2) is 21.3 Å². The molecule has 0 bridgehead atoms. The standard InChI is InChI=1S/C13H15ClN4/c1-8-3-4-10(14)7-11(8)13-17-16-12-9(2)15-5-6-18(12)13/h3-4,7,9,15H,5-6H2,1-2H3. The summed E-state index contributed by atoms with van der Waals surface area (Å²) < 4.78 is 2.18. The lowest BCUT2D eigenvalue weighted by Crippen LogP contribution is -2.32. The average Bonchev–Trinajstić information content (AvgIpc) is 2.77. The van der Waals surface area contributed by atoms with E-state index in [4.69, 9.17) is 11.6 Å². The van der Waals surface area contributed by atoms with Crippen molar-refractivity contribution < 1.29 is 0 Å². The highest BCUT2D eigenvalue weighted by molar-refractivity contribution is 6.30. The van der Waals surface area contributed by atoms with E-state index in [1.165, 1.54) is 5.56 Å². The van der Waals surface area contributed by atoms with Crippen molar-refractivity contribution >= 4 is 11.6 Å². The molecule has 0 saturated carbocycles. The first-order chi connectivity index (χ1) is 8.66. The predicted octanol–water partition coefficient (Wildman–Crippen LogP) is 2.57. The van der Waals surface area contributed by atoms with Gasteiger partial charge in [0.05, 0.1) is 6.04 Å². The summed E-state index contributed by atoms with van der Waals surface area (Å²) in [7, 11) is 0. The molecule has 1 N–H and O–H groups in total. The molecule has 1 aliphatic rings. The molecule has 1 aliphatic heterocycles. The van der Waals surface area contributed by atoms with Crippen LogP contribution in [0.3, 0.4) is 0 Å². The molecule has 0 fully saturated rings. The zero-order valence-corrected chi connectivity index (χ0v) is 11.2. The van der Waals surface area contributed by atoms with Crippen LogP contribution in [0.2, 0.25) is 5.02 Å². The van der Waals surface area contributed by atoms with Gasteiger partial charge in [-0.1, -0.05) is 17.7 Å². The zero-order chi connectivity index (χ0) is 12.7. The van der Waals surface area contributed by atoms with Crippen LogP contribution in [0.25, 0.3) is 11.4 Å². The second-order valence-electron chi connectivity index (χ2n) is 4.67. The van der Waals surface area contributed by atoms with Gasteiger partial charge >= 0.3 is 0 Å². The van der Waals surface area contributed by atoms with Crippen molar-refractivity contribution in [1.29, 1.82) is 0 Å². The minimum Gasteiger partial charge on any atom is -0.308 e. The fourth-order valence-electron chi connectivity index (χ4n) is 2.37. The van der Waals surface area contributed by atoms with Crippen LogP contribution in [0.4, 0.5) is 0 Å². The second-order valence-corrected chi connectivity index (χ2v) is 5.10. The molecule has 0 amide bonds. The Morgan fingerprint density at radius 1 is 1.39 bits per heavy atom. The van der Waals surface area contributed by atoms with Crippen LogP contribution in [0.5, 0.6) is 0 Å². The highest BCUT2D eigenvalue weighted by Crippen LogP contribution is 2.28. The van der Waals surface area contributed by atoms with Crippen molar-refractivity contribution in [2.24, 2.45) is 0 Å². The zero-order valence-electron chi connectivity index (χ0n) is 10.4. The molecule has 2 aromatic rings. The SMILES string of the molecule is Cc1ccc(Cl)cc1-c1nnc2n1CCNC2C. The number of fused-ring (bicyclic) bond motifs is 1. The Hall–Kier alpha value is -1.39. The molecule has 94 valence electrons. The summed E-state index contributed by atoms with van der Waals surface area (Å²) in [6, 6.07) is 6.13. The number of aryl methyl sites for hydroxylation is 1. The third-order valence-electron chi connectivity index (χ3n) is 3.39. The normalized spacial score (nSPS) is 18.7. The lowest BCUT2D eigenvalue weighted by molar-refractivity contribution is 0.439. The molecule has 1 aromatic heterocycles. The first kappa shape index (κ1) is 11.7. The monoisotopic (exact) mass is 262 g/mol. The van der Waals surface area contributed by atoms with Crippen molar-refractivity contribution in [3.05, 3.63) is 34.6 Å². The van der Waals surface area contributed by atoms with Crippen LogP contribution < -0.4 is 5.32 Å². The van der Waals surface area contributed by atoms with Crippen LogP contribution >= 0.6 is 11.6 Å². The number of halogens is 1. The molecule has 18 heavy (non-hydrogen) atoms. The molecule has 0 aliphatic carbocycles. The molecule has 5 heteroatoms. The van der Waals surface area contributed by atoms with Crippen LogP contribution in [0.15, 0.2) is 18.2 Å². The molecule has 4 nitrogen and oxygen atoms in total. The van der Waals surface area contributed by atoms with Gasteiger partial charge in [-0.05, 0) is 31.5 Å². The lowest BCUT2D eigenvalue weighted by atomic mass is 10.1. The molecular formula is C13H15ClN4. The van der Waals surface area contributed by atoms with E-state index in [0.717, 1.165) is 35.3 Å². The minimum absolute atomic E-state index is 0.250. The van der Waals surface area contributed by atoms with Gasteiger partial charge in [0.1, 0.15) is 5.82 Å². The Kier molecular flexibility index (Phi) is 2.84. The van der Waals surface area contributed by atoms with E-state index in [-0.39, 0.29) is 6.04 Å². The number of hydrogen-bond donors (Lipinski definition) is 1. The number of nitrogens with one attached hydrogen (secondary N) is 1. The highest BCUT2D eigenvalue weighted by atomic mass is 35.5. The largest absolute Gasteiger partial charge is 0.308 e. The van der Waals surface area contributed by atoms with Gasteiger partial charge in [0, 0.05) is 23.7 Å². The molecular weight excluding hydrogens is 248 g/mol. The first-order valence-electron chi connectivity index (χ1n) is 6.10. The number of aromatic nitrogens is 3. The lowest BCUT2D eigenvalue weighted by Gasteiger charge is -2.22. The topological polar surface area (TPSA) is 42.7 Å². The molecule has 3 rings (SSSR count). The Labute approximate surface area is 111 Å². The van der Waals surface area contributed by atoms with E-state index in [9.17, 15) is 0 Å². The summed E-state index contributed by atoms with van der Waals surface area (Å²) >= 11 is 6.08. The second kappa shape index (κ2) is 4.37. The number of rotatable bonds is 1. The van der Waals surface area contributed by atoms with E-state index >= 15 is 0 Å².